The van der Waals surface area contributed by atoms with Gasteiger partial charge in [-0.1, -0.05) is 0 Å². The van der Waals surface area contributed by atoms with E-state index >= 15 is 0 Å². The molecule has 2 aliphatic heterocycles. The van der Waals surface area contributed by atoms with Crippen LogP contribution in [0.15, 0.2) is 12.5 Å². The topological polar surface area (TPSA) is 58.6 Å². The fourth-order valence-corrected chi connectivity index (χ4v) is 3.45. The highest BCUT2D eigenvalue weighted by atomic mass is 16.6. The fourth-order valence-electron chi connectivity index (χ4n) is 3.45. The third-order valence-electron chi connectivity index (χ3n) is 4.70. The van der Waals surface area contributed by atoms with Crippen LogP contribution in [0, 0.1) is 12.3 Å². The zero-order valence-electron chi connectivity index (χ0n) is 14.5. The molecule has 0 aliphatic carbocycles. The minimum absolute atomic E-state index is 0.183. The molecule has 1 amide bonds. The summed E-state index contributed by atoms with van der Waals surface area (Å²) in [7, 11) is 0. The molecule has 0 bridgehead atoms. The summed E-state index contributed by atoms with van der Waals surface area (Å²) in [6.45, 7) is 11.4. The Hall–Kier alpha value is -1.85. The van der Waals surface area contributed by atoms with Crippen LogP contribution in [0.3, 0.4) is 0 Å². The van der Waals surface area contributed by atoms with E-state index in [-0.39, 0.29) is 11.5 Å². The molecule has 0 radical (unpaired) electrons. The summed E-state index contributed by atoms with van der Waals surface area (Å²) in [5.74, 6) is 1.04. The monoisotopic (exact) mass is 318 g/mol. The first-order chi connectivity index (χ1) is 10.8. The predicted octanol–water partition coefficient (Wildman–Crippen LogP) is 2.62. The van der Waals surface area contributed by atoms with Crippen molar-refractivity contribution >= 4 is 11.9 Å². The van der Waals surface area contributed by atoms with Gasteiger partial charge < -0.3 is 14.5 Å². The van der Waals surface area contributed by atoms with Crippen LogP contribution in [0.2, 0.25) is 0 Å². The largest absolute Gasteiger partial charge is 0.444 e. The van der Waals surface area contributed by atoms with Crippen molar-refractivity contribution in [2.24, 2.45) is 5.41 Å². The number of aryl methyl sites for hydroxylation is 1. The van der Waals surface area contributed by atoms with E-state index in [4.69, 9.17) is 4.74 Å². The van der Waals surface area contributed by atoms with E-state index < -0.39 is 5.60 Å². The van der Waals surface area contributed by atoms with Crippen LogP contribution in [0.4, 0.5) is 10.6 Å². The summed E-state index contributed by atoms with van der Waals surface area (Å²) in [5.41, 5.74) is 0.967. The summed E-state index contributed by atoms with van der Waals surface area (Å²) in [5, 5.41) is 0. The van der Waals surface area contributed by atoms with Gasteiger partial charge in [0.05, 0.1) is 0 Å². The maximum Gasteiger partial charge on any atom is 0.410 e. The van der Waals surface area contributed by atoms with Crippen molar-refractivity contribution in [3.05, 3.63) is 18.1 Å². The van der Waals surface area contributed by atoms with Crippen LogP contribution in [0.25, 0.3) is 0 Å². The number of carbonyl (C=O) groups excluding carboxylic acids is 1. The van der Waals surface area contributed by atoms with E-state index in [1.165, 1.54) is 0 Å². The quantitative estimate of drug-likeness (QED) is 0.796. The Morgan fingerprint density at radius 1 is 1.26 bits per heavy atom. The maximum atomic E-state index is 12.1. The summed E-state index contributed by atoms with van der Waals surface area (Å²) >= 11 is 0. The van der Waals surface area contributed by atoms with Gasteiger partial charge in [-0.25, -0.2) is 14.8 Å². The van der Waals surface area contributed by atoms with Gasteiger partial charge in [0, 0.05) is 43.4 Å². The Morgan fingerprint density at radius 3 is 2.48 bits per heavy atom. The second-order valence-electron chi connectivity index (χ2n) is 7.85. The van der Waals surface area contributed by atoms with Crippen LogP contribution in [-0.2, 0) is 4.74 Å². The standard InChI is InChI=1S/C17H26N4O2/c1-13-9-18-12-19-14(13)20-7-5-17(6-8-20)10-21(11-17)15(22)23-16(2,3)4/h9,12H,5-8,10-11H2,1-4H3. The Balaban J connectivity index is 1.53. The summed E-state index contributed by atoms with van der Waals surface area (Å²) in [6, 6.07) is 0. The van der Waals surface area contributed by atoms with E-state index in [1.807, 2.05) is 38.8 Å². The number of aromatic nitrogens is 2. The number of nitrogens with zero attached hydrogens (tertiary/aromatic N) is 4. The number of likely N-dealkylation sites (tertiary alicyclic amines) is 1. The predicted molar refractivity (Wildman–Crippen MR) is 88.5 cm³/mol. The highest BCUT2D eigenvalue weighted by Gasteiger charge is 2.48. The molecule has 0 N–H and O–H groups in total. The summed E-state index contributed by atoms with van der Waals surface area (Å²) in [4.78, 5) is 24.7. The van der Waals surface area contributed by atoms with Crippen molar-refractivity contribution < 1.29 is 9.53 Å². The minimum Gasteiger partial charge on any atom is -0.444 e. The molecule has 6 heteroatoms. The van der Waals surface area contributed by atoms with Crippen molar-refractivity contribution in [3.63, 3.8) is 0 Å². The lowest BCUT2D eigenvalue weighted by Gasteiger charge is -2.53. The number of hydrogen-bond donors (Lipinski definition) is 0. The zero-order valence-corrected chi connectivity index (χ0v) is 14.5. The van der Waals surface area contributed by atoms with E-state index in [0.717, 1.165) is 50.4 Å². The first kappa shape index (κ1) is 16.0. The van der Waals surface area contributed by atoms with Gasteiger partial charge in [0.15, 0.2) is 0 Å². The Bertz CT molecular complexity index is 581. The molecule has 23 heavy (non-hydrogen) atoms. The highest BCUT2D eigenvalue weighted by Crippen LogP contribution is 2.41. The van der Waals surface area contributed by atoms with Gasteiger partial charge in [0.2, 0.25) is 0 Å². The van der Waals surface area contributed by atoms with Gasteiger partial charge in [-0.15, -0.1) is 0 Å². The first-order valence-corrected chi connectivity index (χ1v) is 8.28. The van der Waals surface area contributed by atoms with Crippen LogP contribution in [0.5, 0.6) is 0 Å². The van der Waals surface area contributed by atoms with Crippen molar-refractivity contribution in [3.8, 4) is 0 Å². The smallest absolute Gasteiger partial charge is 0.410 e. The fraction of sp³-hybridized carbons (Fsp3) is 0.706. The molecule has 2 aliphatic rings. The molecule has 0 unspecified atom stereocenters. The van der Waals surface area contributed by atoms with Gasteiger partial charge in [0.25, 0.3) is 0 Å². The van der Waals surface area contributed by atoms with Gasteiger partial charge in [-0.05, 0) is 40.5 Å². The molecule has 6 nitrogen and oxygen atoms in total. The number of carbonyl (C=O) groups is 1. The molecule has 1 spiro atoms. The number of amides is 1. The molecule has 0 aromatic carbocycles. The Kier molecular flexibility index (Phi) is 3.94. The Morgan fingerprint density at radius 2 is 1.91 bits per heavy atom. The van der Waals surface area contributed by atoms with Crippen molar-refractivity contribution in [1.29, 1.82) is 0 Å². The first-order valence-electron chi connectivity index (χ1n) is 8.28. The van der Waals surface area contributed by atoms with Gasteiger partial charge in [-0.3, -0.25) is 0 Å². The molecule has 1 aromatic rings. The van der Waals surface area contributed by atoms with Gasteiger partial charge >= 0.3 is 6.09 Å². The lowest BCUT2D eigenvalue weighted by atomic mass is 9.72. The van der Waals surface area contributed by atoms with Crippen molar-refractivity contribution in [1.82, 2.24) is 14.9 Å². The SMILES string of the molecule is Cc1cncnc1N1CCC2(CC1)CN(C(=O)OC(C)(C)C)C2. The average molecular weight is 318 g/mol. The molecular formula is C17H26N4O2. The van der Waals surface area contributed by atoms with E-state index in [9.17, 15) is 4.79 Å². The van der Waals surface area contributed by atoms with Crippen LogP contribution in [-0.4, -0.2) is 52.7 Å². The normalized spacial score (nSPS) is 20.3. The molecule has 0 saturated carbocycles. The molecule has 2 saturated heterocycles. The van der Waals surface area contributed by atoms with Crippen LogP contribution in [0.1, 0.15) is 39.2 Å². The van der Waals surface area contributed by atoms with Gasteiger partial charge in [-0.2, -0.15) is 0 Å². The van der Waals surface area contributed by atoms with Crippen molar-refractivity contribution in [2.75, 3.05) is 31.1 Å². The van der Waals surface area contributed by atoms with E-state index in [1.54, 1.807) is 6.33 Å². The molecule has 2 fully saturated rings. The minimum atomic E-state index is -0.423. The van der Waals surface area contributed by atoms with E-state index in [2.05, 4.69) is 14.9 Å². The number of piperidine rings is 1. The zero-order chi connectivity index (χ0) is 16.7. The van der Waals surface area contributed by atoms with Crippen LogP contribution >= 0.6 is 0 Å². The number of rotatable bonds is 1. The molecule has 3 rings (SSSR count). The summed E-state index contributed by atoms with van der Waals surface area (Å²) in [6.07, 6.45) is 5.48. The molecule has 1 aromatic heterocycles. The number of hydrogen-bond acceptors (Lipinski definition) is 5. The molecule has 126 valence electrons. The number of anilines is 1. The lowest BCUT2D eigenvalue weighted by molar-refractivity contribution is -0.0434. The molecule has 3 heterocycles. The Labute approximate surface area is 137 Å². The van der Waals surface area contributed by atoms with Crippen LogP contribution < -0.4 is 4.90 Å². The third kappa shape index (κ3) is 3.41. The van der Waals surface area contributed by atoms with Crippen molar-refractivity contribution in [2.45, 2.75) is 46.1 Å². The molecule has 0 atom stereocenters. The highest BCUT2D eigenvalue weighted by molar-refractivity contribution is 5.69. The number of ether oxygens (including phenoxy) is 1. The average Bonchev–Trinajstić information content (AvgIpc) is 2.44. The van der Waals surface area contributed by atoms with E-state index in [0.29, 0.717) is 0 Å². The second kappa shape index (κ2) is 5.65. The lowest BCUT2D eigenvalue weighted by Crippen LogP contribution is -2.62. The maximum absolute atomic E-state index is 12.1. The second-order valence-corrected chi connectivity index (χ2v) is 7.85. The molecular weight excluding hydrogens is 292 g/mol. The third-order valence-corrected chi connectivity index (χ3v) is 4.70. The summed E-state index contributed by atoms with van der Waals surface area (Å²) < 4.78 is 5.44. The van der Waals surface area contributed by atoms with Gasteiger partial charge in [0.1, 0.15) is 17.7 Å².